The van der Waals surface area contributed by atoms with Gasteiger partial charge in [0.05, 0.1) is 13.2 Å². The Morgan fingerprint density at radius 2 is 2.08 bits per heavy atom. The molecule has 1 atom stereocenters. The van der Waals surface area contributed by atoms with Crippen LogP contribution in [0.2, 0.25) is 0 Å². The van der Waals surface area contributed by atoms with Crippen LogP contribution in [0.3, 0.4) is 0 Å². The van der Waals surface area contributed by atoms with Crippen LogP contribution in [-0.4, -0.2) is 27.1 Å². The number of para-hydroxylation sites is 1. The molecule has 1 amide bonds. The van der Waals surface area contributed by atoms with Gasteiger partial charge < -0.3 is 10.1 Å². The van der Waals surface area contributed by atoms with Crippen LogP contribution >= 0.6 is 0 Å². The molecule has 6 heteroatoms. The first-order valence-electron chi connectivity index (χ1n) is 8.08. The van der Waals surface area contributed by atoms with Crippen molar-refractivity contribution in [2.45, 2.75) is 19.4 Å². The normalized spacial score (nSPS) is 16.9. The van der Waals surface area contributed by atoms with E-state index in [1.807, 2.05) is 53.1 Å². The van der Waals surface area contributed by atoms with Crippen molar-refractivity contribution in [3.8, 4) is 5.75 Å². The highest BCUT2D eigenvalue weighted by molar-refractivity contribution is 5.79. The van der Waals surface area contributed by atoms with Crippen molar-refractivity contribution < 1.29 is 9.53 Å². The minimum atomic E-state index is -0.0900. The Labute approximate surface area is 139 Å². The first-order valence-corrected chi connectivity index (χ1v) is 8.08. The summed E-state index contributed by atoms with van der Waals surface area (Å²) in [5.74, 6) is 1.55. The molecule has 0 saturated carbocycles. The monoisotopic (exact) mass is 322 g/mol. The van der Waals surface area contributed by atoms with Crippen LogP contribution in [-0.2, 0) is 17.8 Å². The second-order valence-corrected chi connectivity index (χ2v) is 5.91. The fourth-order valence-electron chi connectivity index (χ4n) is 3.04. The standard InChI is InChI=1S/C18H18N4O2/c23-18(14-8-10-24-15-6-2-1-5-13(15)11-14)19-12-17-21-20-16-7-3-4-9-22(16)17/h1-7,9,14H,8,10-12H2,(H,19,23)/t14-/m0/s1. The zero-order valence-corrected chi connectivity index (χ0v) is 13.2. The molecule has 1 N–H and O–H groups in total. The largest absolute Gasteiger partial charge is 0.493 e. The molecule has 0 fully saturated rings. The summed E-state index contributed by atoms with van der Waals surface area (Å²) in [6.07, 6.45) is 3.30. The van der Waals surface area contributed by atoms with Crippen LogP contribution in [0, 0.1) is 5.92 Å². The summed E-state index contributed by atoms with van der Waals surface area (Å²) >= 11 is 0. The van der Waals surface area contributed by atoms with Gasteiger partial charge in [-0.05, 0) is 36.6 Å². The molecule has 1 aliphatic heterocycles. The maximum Gasteiger partial charge on any atom is 0.223 e. The van der Waals surface area contributed by atoms with E-state index in [4.69, 9.17) is 4.74 Å². The topological polar surface area (TPSA) is 68.5 Å². The van der Waals surface area contributed by atoms with E-state index < -0.39 is 0 Å². The lowest BCUT2D eigenvalue weighted by molar-refractivity contribution is -0.125. The molecule has 122 valence electrons. The second kappa shape index (κ2) is 6.31. The molecule has 4 rings (SSSR count). The van der Waals surface area contributed by atoms with Crippen LogP contribution in [0.15, 0.2) is 48.7 Å². The minimum Gasteiger partial charge on any atom is -0.493 e. The number of ether oxygens (including phenoxy) is 1. The number of nitrogens with zero attached hydrogens (tertiary/aromatic N) is 3. The van der Waals surface area contributed by atoms with Crippen LogP contribution in [0.1, 0.15) is 17.8 Å². The van der Waals surface area contributed by atoms with E-state index in [1.165, 1.54) is 0 Å². The number of benzene rings is 1. The molecular weight excluding hydrogens is 304 g/mol. The molecule has 0 saturated heterocycles. The molecule has 3 aromatic rings. The van der Waals surface area contributed by atoms with Crippen molar-refractivity contribution in [1.29, 1.82) is 0 Å². The third-order valence-electron chi connectivity index (χ3n) is 4.34. The van der Waals surface area contributed by atoms with Crippen LogP contribution < -0.4 is 10.1 Å². The summed E-state index contributed by atoms with van der Waals surface area (Å²) in [5.41, 5.74) is 1.86. The predicted molar refractivity (Wildman–Crippen MR) is 88.6 cm³/mol. The number of amides is 1. The van der Waals surface area contributed by atoms with Crippen LogP contribution in [0.5, 0.6) is 5.75 Å². The Morgan fingerprint density at radius 1 is 1.21 bits per heavy atom. The number of rotatable bonds is 3. The number of carbonyl (C=O) groups is 1. The highest BCUT2D eigenvalue weighted by atomic mass is 16.5. The summed E-state index contributed by atoms with van der Waals surface area (Å²) in [6, 6.07) is 13.6. The molecule has 1 aromatic carbocycles. The van der Waals surface area contributed by atoms with Gasteiger partial charge in [0, 0.05) is 12.1 Å². The Kier molecular flexibility index (Phi) is 3.86. The zero-order valence-electron chi connectivity index (χ0n) is 13.2. The van der Waals surface area contributed by atoms with E-state index >= 15 is 0 Å². The Balaban J connectivity index is 1.45. The fourth-order valence-corrected chi connectivity index (χ4v) is 3.04. The lowest BCUT2D eigenvalue weighted by Crippen LogP contribution is -2.32. The van der Waals surface area contributed by atoms with Gasteiger partial charge in [-0.15, -0.1) is 10.2 Å². The lowest BCUT2D eigenvalue weighted by atomic mass is 9.96. The van der Waals surface area contributed by atoms with Crippen molar-refractivity contribution in [3.63, 3.8) is 0 Å². The fraction of sp³-hybridized carbons (Fsp3) is 0.278. The quantitative estimate of drug-likeness (QED) is 0.801. The van der Waals surface area contributed by atoms with Gasteiger partial charge in [-0.2, -0.15) is 0 Å². The number of pyridine rings is 1. The number of hydrogen-bond acceptors (Lipinski definition) is 4. The van der Waals surface area contributed by atoms with Gasteiger partial charge in [-0.25, -0.2) is 0 Å². The minimum absolute atomic E-state index is 0.0305. The molecule has 0 spiro atoms. The van der Waals surface area contributed by atoms with E-state index in [0.717, 1.165) is 22.8 Å². The molecule has 2 aromatic heterocycles. The van der Waals surface area contributed by atoms with E-state index in [-0.39, 0.29) is 11.8 Å². The highest BCUT2D eigenvalue weighted by Gasteiger charge is 2.23. The summed E-state index contributed by atoms with van der Waals surface area (Å²) < 4.78 is 7.61. The van der Waals surface area contributed by atoms with Crippen LogP contribution in [0.4, 0.5) is 0 Å². The van der Waals surface area contributed by atoms with Gasteiger partial charge in [0.25, 0.3) is 0 Å². The lowest BCUT2D eigenvalue weighted by Gasteiger charge is -2.13. The average Bonchev–Trinajstić information content (AvgIpc) is 2.90. The van der Waals surface area contributed by atoms with Crippen LogP contribution in [0.25, 0.3) is 5.65 Å². The third kappa shape index (κ3) is 2.82. The van der Waals surface area contributed by atoms with Gasteiger partial charge in [0.15, 0.2) is 11.5 Å². The molecule has 0 bridgehead atoms. The first kappa shape index (κ1) is 14.7. The molecule has 24 heavy (non-hydrogen) atoms. The molecule has 0 aliphatic carbocycles. The summed E-state index contributed by atoms with van der Waals surface area (Å²) in [5, 5.41) is 11.2. The smallest absolute Gasteiger partial charge is 0.223 e. The molecular formula is C18H18N4O2. The Morgan fingerprint density at radius 3 is 3.04 bits per heavy atom. The maximum atomic E-state index is 12.6. The SMILES string of the molecule is O=C(NCc1nnc2ccccn12)[C@H]1CCOc2ccccc2C1. The number of nitrogens with one attached hydrogen (secondary N) is 1. The molecule has 0 radical (unpaired) electrons. The van der Waals surface area contributed by atoms with Gasteiger partial charge in [-0.1, -0.05) is 24.3 Å². The highest BCUT2D eigenvalue weighted by Crippen LogP contribution is 2.26. The number of fused-ring (bicyclic) bond motifs is 2. The van der Waals surface area contributed by atoms with Gasteiger partial charge in [-0.3, -0.25) is 9.20 Å². The van der Waals surface area contributed by atoms with E-state index in [2.05, 4.69) is 15.5 Å². The average molecular weight is 322 g/mol. The van der Waals surface area contributed by atoms with Crippen molar-refractivity contribution in [2.24, 2.45) is 5.92 Å². The molecule has 3 heterocycles. The van der Waals surface area contributed by atoms with Crippen molar-refractivity contribution in [2.75, 3.05) is 6.61 Å². The number of aromatic nitrogens is 3. The number of hydrogen-bond donors (Lipinski definition) is 1. The van der Waals surface area contributed by atoms with Gasteiger partial charge in [0.1, 0.15) is 5.75 Å². The summed E-state index contributed by atoms with van der Waals surface area (Å²) in [7, 11) is 0. The molecule has 6 nitrogen and oxygen atoms in total. The Bertz CT molecular complexity index is 874. The van der Waals surface area contributed by atoms with Gasteiger partial charge >= 0.3 is 0 Å². The third-order valence-corrected chi connectivity index (χ3v) is 4.34. The molecule has 0 unspecified atom stereocenters. The summed E-state index contributed by atoms with van der Waals surface area (Å²) in [6.45, 7) is 0.923. The van der Waals surface area contributed by atoms with Crippen molar-refractivity contribution in [3.05, 3.63) is 60.0 Å². The number of carbonyl (C=O) groups excluding carboxylic acids is 1. The molecule has 1 aliphatic rings. The predicted octanol–water partition coefficient (Wildman–Crippen LogP) is 1.99. The van der Waals surface area contributed by atoms with Crippen molar-refractivity contribution in [1.82, 2.24) is 19.9 Å². The van der Waals surface area contributed by atoms with E-state index in [0.29, 0.717) is 26.0 Å². The summed E-state index contributed by atoms with van der Waals surface area (Å²) in [4.78, 5) is 12.6. The maximum absolute atomic E-state index is 12.6. The van der Waals surface area contributed by atoms with E-state index in [1.54, 1.807) is 0 Å². The second-order valence-electron chi connectivity index (χ2n) is 5.91. The van der Waals surface area contributed by atoms with Crippen molar-refractivity contribution >= 4 is 11.6 Å². The van der Waals surface area contributed by atoms with Gasteiger partial charge in [0.2, 0.25) is 5.91 Å². The Hall–Kier alpha value is -2.89. The zero-order chi connectivity index (χ0) is 16.4. The first-order chi connectivity index (χ1) is 11.8. The van der Waals surface area contributed by atoms with E-state index in [9.17, 15) is 4.79 Å².